The van der Waals surface area contributed by atoms with Crippen molar-refractivity contribution in [2.75, 3.05) is 0 Å². The van der Waals surface area contributed by atoms with Gasteiger partial charge >= 0.3 is 0 Å². The fraction of sp³-hybridized carbons (Fsp3) is 0.294. The number of aryl methyl sites for hydroxylation is 3. The first-order valence-corrected chi connectivity index (χ1v) is 6.72. The number of hydrogen-bond donors (Lipinski definition) is 0. The molecule has 3 rings (SSSR count). The van der Waals surface area contributed by atoms with Crippen molar-refractivity contribution in [3.8, 4) is 5.75 Å². The second-order valence-electron chi connectivity index (χ2n) is 5.13. The molecule has 19 heavy (non-hydrogen) atoms. The topological polar surface area (TPSA) is 9.23 Å². The molecule has 98 valence electrons. The summed E-state index contributed by atoms with van der Waals surface area (Å²) in [6.07, 6.45) is 3.58. The van der Waals surface area contributed by atoms with E-state index >= 15 is 0 Å². The van der Waals surface area contributed by atoms with Crippen LogP contribution >= 0.6 is 0 Å². The van der Waals surface area contributed by atoms with Crippen LogP contribution in [0.4, 0.5) is 4.39 Å². The Morgan fingerprint density at radius 1 is 1.11 bits per heavy atom. The Hall–Kier alpha value is -1.83. The van der Waals surface area contributed by atoms with Gasteiger partial charge in [0.25, 0.3) is 0 Å². The van der Waals surface area contributed by atoms with Crippen LogP contribution in [0.25, 0.3) is 0 Å². The van der Waals surface area contributed by atoms with Crippen LogP contribution < -0.4 is 4.74 Å². The lowest BCUT2D eigenvalue weighted by Gasteiger charge is -2.09. The molecule has 0 amide bonds. The second-order valence-corrected chi connectivity index (χ2v) is 5.13. The number of ether oxygens (including phenoxy) is 1. The van der Waals surface area contributed by atoms with E-state index in [9.17, 15) is 4.39 Å². The van der Waals surface area contributed by atoms with Gasteiger partial charge in [-0.15, -0.1) is 0 Å². The van der Waals surface area contributed by atoms with E-state index in [4.69, 9.17) is 4.74 Å². The molecule has 1 nitrogen and oxygen atoms in total. The molecule has 0 aromatic heterocycles. The lowest BCUT2D eigenvalue weighted by atomic mass is 10.1. The van der Waals surface area contributed by atoms with E-state index in [-0.39, 0.29) is 5.82 Å². The molecule has 0 spiro atoms. The normalized spacial score (nSPS) is 13.4. The molecule has 0 radical (unpaired) electrons. The van der Waals surface area contributed by atoms with Gasteiger partial charge in [-0.05, 0) is 54.5 Å². The largest absolute Gasteiger partial charge is 0.486 e. The van der Waals surface area contributed by atoms with E-state index in [2.05, 4.69) is 18.2 Å². The van der Waals surface area contributed by atoms with Gasteiger partial charge in [0, 0.05) is 0 Å². The fourth-order valence-electron chi connectivity index (χ4n) is 2.61. The summed E-state index contributed by atoms with van der Waals surface area (Å²) in [4.78, 5) is 0. The standard InChI is InChI=1S/C17H17FO/c1-12-4-2-7-16(17(12)18)19-11-13-8-9-14-5-3-6-15(14)10-13/h2,4,7-10H,3,5-6,11H2,1H3. The van der Waals surface area contributed by atoms with Crippen molar-refractivity contribution in [3.05, 3.63) is 64.5 Å². The molecule has 2 aromatic rings. The van der Waals surface area contributed by atoms with Crippen molar-refractivity contribution in [1.29, 1.82) is 0 Å². The Morgan fingerprint density at radius 2 is 1.95 bits per heavy atom. The van der Waals surface area contributed by atoms with Gasteiger partial charge in [0.1, 0.15) is 6.61 Å². The number of hydrogen-bond acceptors (Lipinski definition) is 1. The summed E-state index contributed by atoms with van der Waals surface area (Å²) in [5.74, 6) is 0.0733. The van der Waals surface area contributed by atoms with Gasteiger partial charge in [-0.1, -0.05) is 30.3 Å². The van der Waals surface area contributed by atoms with Crippen molar-refractivity contribution in [1.82, 2.24) is 0 Å². The Bertz CT molecular complexity index is 604. The van der Waals surface area contributed by atoms with Crippen molar-refractivity contribution in [2.24, 2.45) is 0 Å². The van der Waals surface area contributed by atoms with Gasteiger partial charge in [0.15, 0.2) is 11.6 Å². The van der Waals surface area contributed by atoms with Gasteiger partial charge in [0.2, 0.25) is 0 Å². The molecular weight excluding hydrogens is 239 g/mol. The third-order valence-corrected chi connectivity index (χ3v) is 3.71. The van der Waals surface area contributed by atoms with Crippen molar-refractivity contribution in [3.63, 3.8) is 0 Å². The van der Waals surface area contributed by atoms with E-state index in [0.717, 1.165) is 12.0 Å². The monoisotopic (exact) mass is 256 g/mol. The maximum absolute atomic E-state index is 13.8. The highest BCUT2D eigenvalue weighted by Gasteiger charge is 2.11. The zero-order chi connectivity index (χ0) is 13.2. The molecule has 2 aromatic carbocycles. The SMILES string of the molecule is Cc1cccc(OCc2ccc3c(c2)CCC3)c1F. The molecule has 0 aliphatic heterocycles. The number of halogens is 1. The molecule has 0 unspecified atom stereocenters. The van der Waals surface area contributed by atoms with Gasteiger partial charge < -0.3 is 4.74 Å². The van der Waals surface area contributed by atoms with Crippen LogP contribution in [-0.2, 0) is 19.4 Å². The van der Waals surface area contributed by atoms with Crippen LogP contribution in [0.2, 0.25) is 0 Å². The van der Waals surface area contributed by atoms with E-state index in [0.29, 0.717) is 17.9 Å². The predicted molar refractivity (Wildman–Crippen MR) is 73.9 cm³/mol. The van der Waals surface area contributed by atoms with Gasteiger partial charge in [-0.2, -0.15) is 0 Å². The van der Waals surface area contributed by atoms with Crippen molar-refractivity contribution in [2.45, 2.75) is 32.8 Å². The lowest BCUT2D eigenvalue weighted by molar-refractivity contribution is 0.289. The van der Waals surface area contributed by atoms with Crippen LogP contribution in [0.15, 0.2) is 36.4 Å². The van der Waals surface area contributed by atoms with Gasteiger partial charge in [-0.25, -0.2) is 4.39 Å². The number of rotatable bonds is 3. The van der Waals surface area contributed by atoms with Crippen LogP contribution in [0, 0.1) is 12.7 Å². The molecule has 0 heterocycles. The first-order chi connectivity index (χ1) is 9.24. The Labute approximate surface area is 113 Å². The molecule has 0 fully saturated rings. The van der Waals surface area contributed by atoms with E-state index in [1.165, 1.54) is 24.0 Å². The Balaban J connectivity index is 1.74. The summed E-state index contributed by atoms with van der Waals surface area (Å²) in [6.45, 7) is 2.17. The molecule has 0 saturated heterocycles. The molecule has 2 heteroatoms. The van der Waals surface area contributed by atoms with E-state index in [1.807, 2.05) is 6.07 Å². The zero-order valence-electron chi connectivity index (χ0n) is 11.1. The highest BCUT2D eigenvalue weighted by molar-refractivity contribution is 5.35. The maximum Gasteiger partial charge on any atom is 0.167 e. The molecule has 0 saturated carbocycles. The minimum atomic E-state index is -0.260. The number of fused-ring (bicyclic) bond motifs is 1. The Kier molecular flexibility index (Phi) is 3.24. The smallest absolute Gasteiger partial charge is 0.167 e. The highest BCUT2D eigenvalue weighted by atomic mass is 19.1. The Morgan fingerprint density at radius 3 is 2.84 bits per heavy atom. The summed E-state index contributed by atoms with van der Waals surface area (Å²) in [5, 5.41) is 0. The second kappa shape index (κ2) is 5.04. The van der Waals surface area contributed by atoms with Crippen molar-refractivity contribution >= 4 is 0 Å². The quantitative estimate of drug-likeness (QED) is 0.799. The molecule has 0 N–H and O–H groups in total. The van der Waals surface area contributed by atoms with E-state index < -0.39 is 0 Å². The minimum Gasteiger partial charge on any atom is -0.486 e. The molecular formula is C17H17FO. The lowest BCUT2D eigenvalue weighted by Crippen LogP contribution is -1.99. The summed E-state index contributed by atoms with van der Waals surface area (Å²) >= 11 is 0. The summed E-state index contributed by atoms with van der Waals surface area (Å²) in [7, 11) is 0. The zero-order valence-corrected chi connectivity index (χ0v) is 11.1. The summed E-state index contributed by atoms with van der Waals surface area (Å²) in [5.41, 5.74) is 4.60. The third-order valence-electron chi connectivity index (χ3n) is 3.71. The van der Waals surface area contributed by atoms with Crippen LogP contribution in [0.5, 0.6) is 5.75 Å². The average molecular weight is 256 g/mol. The minimum absolute atomic E-state index is 0.260. The highest BCUT2D eigenvalue weighted by Crippen LogP contribution is 2.24. The van der Waals surface area contributed by atoms with Gasteiger partial charge in [-0.3, -0.25) is 0 Å². The van der Waals surface area contributed by atoms with Crippen LogP contribution in [0.3, 0.4) is 0 Å². The van der Waals surface area contributed by atoms with Crippen LogP contribution in [0.1, 0.15) is 28.7 Å². The summed E-state index contributed by atoms with van der Waals surface area (Å²) in [6, 6.07) is 11.7. The molecule has 0 atom stereocenters. The van der Waals surface area contributed by atoms with Gasteiger partial charge in [0.05, 0.1) is 0 Å². The van der Waals surface area contributed by atoms with E-state index in [1.54, 1.807) is 19.1 Å². The van der Waals surface area contributed by atoms with Crippen molar-refractivity contribution < 1.29 is 9.13 Å². The predicted octanol–water partition coefficient (Wildman–Crippen LogP) is 4.20. The third kappa shape index (κ3) is 2.48. The fourth-order valence-corrected chi connectivity index (χ4v) is 2.61. The summed E-state index contributed by atoms with van der Waals surface area (Å²) < 4.78 is 19.4. The van der Waals surface area contributed by atoms with Crippen LogP contribution in [-0.4, -0.2) is 0 Å². The molecule has 1 aliphatic rings. The average Bonchev–Trinajstić information content (AvgIpc) is 2.88. The maximum atomic E-state index is 13.8. The number of benzene rings is 2. The first-order valence-electron chi connectivity index (χ1n) is 6.72. The first kappa shape index (κ1) is 12.2. The molecule has 0 bridgehead atoms. The molecule has 1 aliphatic carbocycles.